The predicted molar refractivity (Wildman–Crippen MR) is 113 cm³/mol. The molecular weight excluding hydrogens is 382 g/mol. The molecule has 0 aliphatic heterocycles. The maximum atomic E-state index is 12.6. The second-order valence-electron chi connectivity index (χ2n) is 6.41. The van der Waals surface area contributed by atoms with Crippen LogP contribution in [0.4, 0.5) is 5.69 Å². The van der Waals surface area contributed by atoms with Gasteiger partial charge in [-0.3, -0.25) is 14.4 Å². The highest BCUT2D eigenvalue weighted by molar-refractivity contribution is 6.04. The molecule has 3 rings (SSSR count). The summed E-state index contributed by atoms with van der Waals surface area (Å²) in [5.74, 6) is -1.21. The van der Waals surface area contributed by atoms with Crippen molar-refractivity contribution in [3.8, 4) is 5.75 Å². The number of rotatable bonds is 8. The van der Waals surface area contributed by atoms with Crippen LogP contribution < -0.4 is 21.1 Å². The minimum Gasteiger partial charge on any atom is -0.483 e. The zero-order valence-corrected chi connectivity index (χ0v) is 16.1. The van der Waals surface area contributed by atoms with Crippen LogP contribution in [0, 0.1) is 0 Å². The maximum Gasteiger partial charge on any atom is 0.262 e. The first-order valence-corrected chi connectivity index (χ1v) is 9.27. The average Bonchev–Trinajstić information content (AvgIpc) is 2.77. The normalized spacial score (nSPS) is 10.1. The van der Waals surface area contributed by atoms with Gasteiger partial charge < -0.3 is 21.1 Å². The molecule has 152 valence electrons. The number of hydrogen-bond donors (Lipinski definition) is 3. The van der Waals surface area contributed by atoms with Gasteiger partial charge in [0.1, 0.15) is 5.75 Å². The van der Waals surface area contributed by atoms with E-state index in [0.717, 1.165) is 5.56 Å². The second kappa shape index (κ2) is 9.88. The summed E-state index contributed by atoms with van der Waals surface area (Å²) in [7, 11) is 0. The Morgan fingerprint density at radius 1 is 0.800 bits per heavy atom. The summed E-state index contributed by atoms with van der Waals surface area (Å²) in [6.45, 7) is 0.0270. The molecule has 4 N–H and O–H groups in total. The van der Waals surface area contributed by atoms with Crippen LogP contribution in [0.25, 0.3) is 0 Å². The van der Waals surface area contributed by atoms with Crippen LogP contribution >= 0.6 is 0 Å². The van der Waals surface area contributed by atoms with Gasteiger partial charge in [0.15, 0.2) is 6.61 Å². The van der Waals surface area contributed by atoms with Gasteiger partial charge in [-0.1, -0.05) is 54.6 Å². The zero-order valence-electron chi connectivity index (χ0n) is 16.1. The highest BCUT2D eigenvalue weighted by Crippen LogP contribution is 2.18. The fourth-order valence-corrected chi connectivity index (χ4v) is 2.79. The largest absolute Gasteiger partial charge is 0.483 e. The van der Waals surface area contributed by atoms with Crippen LogP contribution in [0.15, 0.2) is 78.9 Å². The Bertz CT molecular complexity index is 1050. The first kappa shape index (κ1) is 20.6. The lowest BCUT2D eigenvalue weighted by atomic mass is 10.1. The number of primary amides is 1. The molecule has 0 radical (unpaired) electrons. The monoisotopic (exact) mass is 403 g/mol. The number of anilines is 1. The summed E-state index contributed by atoms with van der Waals surface area (Å²) in [4.78, 5) is 36.3. The molecule has 0 unspecified atom stereocenters. The highest BCUT2D eigenvalue weighted by atomic mass is 16.5. The van der Waals surface area contributed by atoms with E-state index < -0.39 is 11.8 Å². The number of carbonyl (C=O) groups excluding carboxylic acids is 3. The summed E-state index contributed by atoms with van der Waals surface area (Å²) in [6, 6.07) is 22.6. The van der Waals surface area contributed by atoms with Gasteiger partial charge in [-0.2, -0.15) is 0 Å². The van der Waals surface area contributed by atoms with E-state index in [9.17, 15) is 14.4 Å². The van der Waals surface area contributed by atoms with Crippen LogP contribution in [-0.4, -0.2) is 24.3 Å². The maximum absolute atomic E-state index is 12.6. The van der Waals surface area contributed by atoms with Gasteiger partial charge in [-0.15, -0.1) is 0 Å². The number of benzene rings is 3. The van der Waals surface area contributed by atoms with Crippen LogP contribution in [0.2, 0.25) is 0 Å². The van der Waals surface area contributed by atoms with Crippen molar-refractivity contribution in [3.05, 3.63) is 95.6 Å². The number of amides is 3. The molecule has 0 aromatic heterocycles. The molecule has 0 bridgehead atoms. The van der Waals surface area contributed by atoms with Gasteiger partial charge in [0.05, 0.1) is 16.8 Å². The van der Waals surface area contributed by atoms with E-state index in [4.69, 9.17) is 10.5 Å². The van der Waals surface area contributed by atoms with Crippen molar-refractivity contribution in [3.63, 3.8) is 0 Å². The van der Waals surface area contributed by atoms with Gasteiger partial charge in [-0.25, -0.2) is 0 Å². The molecular formula is C23H21N3O4. The van der Waals surface area contributed by atoms with Crippen molar-refractivity contribution in [2.75, 3.05) is 11.9 Å². The molecule has 3 aromatic carbocycles. The summed E-state index contributed by atoms with van der Waals surface area (Å²) in [6.07, 6.45) is 0. The van der Waals surface area contributed by atoms with E-state index in [2.05, 4.69) is 10.6 Å². The molecule has 0 aliphatic rings. The van der Waals surface area contributed by atoms with Gasteiger partial charge in [0.2, 0.25) is 0 Å². The number of nitrogens with two attached hydrogens (primary N) is 1. The van der Waals surface area contributed by atoms with E-state index in [1.54, 1.807) is 42.5 Å². The molecule has 0 heterocycles. The van der Waals surface area contributed by atoms with E-state index in [0.29, 0.717) is 17.8 Å². The Morgan fingerprint density at radius 3 is 2.17 bits per heavy atom. The molecule has 7 nitrogen and oxygen atoms in total. The minimum absolute atomic E-state index is 0.186. The van der Waals surface area contributed by atoms with Crippen LogP contribution in [-0.2, 0) is 11.3 Å². The zero-order chi connectivity index (χ0) is 21.3. The van der Waals surface area contributed by atoms with E-state index >= 15 is 0 Å². The smallest absolute Gasteiger partial charge is 0.262 e. The third-order valence-corrected chi connectivity index (χ3v) is 4.25. The van der Waals surface area contributed by atoms with Crippen molar-refractivity contribution < 1.29 is 19.1 Å². The molecule has 0 spiro atoms. The molecule has 0 aliphatic carbocycles. The van der Waals surface area contributed by atoms with Crippen molar-refractivity contribution >= 4 is 23.4 Å². The standard InChI is InChI=1S/C23H21N3O4/c24-22(28)18-11-5-7-13-20(18)30-15-21(27)26-19-12-6-4-10-17(19)23(29)25-14-16-8-2-1-3-9-16/h1-13H,14-15H2,(H2,24,28)(H,25,29)(H,26,27). The summed E-state index contributed by atoms with van der Waals surface area (Å²) in [5.41, 5.74) is 7.15. The SMILES string of the molecule is NC(=O)c1ccccc1OCC(=O)Nc1ccccc1C(=O)NCc1ccccc1. The average molecular weight is 403 g/mol. The van der Waals surface area contributed by atoms with E-state index in [-0.39, 0.29) is 23.8 Å². The molecule has 0 saturated carbocycles. The van der Waals surface area contributed by atoms with Gasteiger partial charge >= 0.3 is 0 Å². The van der Waals surface area contributed by atoms with Crippen LogP contribution in [0.5, 0.6) is 5.75 Å². The van der Waals surface area contributed by atoms with Crippen LogP contribution in [0.3, 0.4) is 0 Å². The third-order valence-electron chi connectivity index (χ3n) is 4.25. The Morgan fingerprint density at radius 2 is 1.43 bits per heavy atom. The van der Waals surface area contributed by atoms with Gasteiger partial charge in [-0.05, 0) is 29.8 Å². The fraction of sp³-hybridized carbons (Fsp3) is 0.0870. The van der Waals surface area contributed by atoms with Crippen molar-refractivity contribution in [2.24, 2.45) is 5.73 Å². The number of hydrogen-bond acceptors (Lipinski definition) is 4. The van der Waals surface area contributed by atoms with E-state index in [1.807, 2.05) is 30.3 Å². The van der Waals surface area contributed by atoms with Crippen molar-refractivity contribution in [2.45, 2.75) is 6.54 Å². The molecule has 0 atom stereocenters. The molecule has 30 heavy (non-hydrogen) atoms. The fourth-order valence-electron chi connectivity index (χ4n) is 2.79. The Labute approximate surface area is 173 Å². The summed E-state index contributed by atoms with van der Waals surface area (Å²) in [5, 5.41) is 5.50. The molecule has 3 aromatic rings. The number of carbonyl (C=O) groups is 3. The Balaban J connectivity index is 1.62. The number of nitrogens with one attached hydrogen (secondary N) is 2. The molecule has 3 amide bonds. The molecule has 0 saturated heterocycles. The van der Waals surface area contributed by atoms with Gasteiger partial charge in [0.25, 0.3) is 17.7 Å². The lowest BCUT2D eigenvalue weighted by Crippen LogP contribution is -2.26. The second-order valence-corrected chi connectivity index (χ2v) is 6.41. The first-order valence-electron chi connectivity index (χ1n) is 9.27. The predicted octanol–water partition coefficient (Wildman–Crippen LogP) is 2.73. The minimum atomic E-state index is -0.647. The lowest BCUT2D eigenvalue weighted by Gasteiger charge is -2.13. The third kappa shape index (κ3) is 5.45. The van der Waals surface area contributed by atoms with Crippen LogP contribution in [0.1, 0.15) is 26.3 Å². The van der Waals surface area contributed by atoms with E-state index in [1.165, 1.54) is 6.07 Å². The molecule has 0 fully saturated rings. The van der Waals surface area contributed by atoms with Crippen molar-refractivity contribution in [1.29, 1.82) is 0 Å². The summed E-state index contributed by atoms with van der Waals surface area (Å²) >= 11 is 0. The Hall–Kier alpha value is -4.13. The quantitative estimate of drug-likeness (QED) is 0.537. The van der Waals surface area contributed by atoms with Crippen molar-refractivity contribution in [1.82, 2.24) is 5.32 Å². The molecule has 7 heteroatoms. The highest BCUT2D eigenvalue weighted by Gasteiger charge is 2.14. The topological polar surface area (TPSA) is 111 Å². The number of para-hydroxylation sites is 2. The Kier molecular flexibility index (Phi) is 6.78. The first-order chi connectivity index (χ1) is 14.5. The lowest BCUT2D eigenvalue weighted by molar-refractivity contribution is -0.118. The van der Waals surface area contributed by atoms with Gasteiger partial charge in [0, 0.05) is 6.54 Å². The number of ether oxygens (including phenoxy) is 1. The summed E-state index contributed by atoms with van der Waals surface area (Å²) < 4.78 is 5.42.